The Morgan fingerprint density at radius 1 is 1.25 bits per heavy atom. The first-order valence-corrected chi connectivity index (χ1v) is 8.11. The summed E-state index contributed by atoms with van der Waals surface area (Å²) in [6, 6.07) is 0.242. The Balaban J connectivity index is 1.63. The second-order valence-corrected chi connectivity index (χ2v) is 6.24. The molecule has 0 amide bonds. The third kappa shape index (κ3) is 2.62. The number of imidazole rings is 1. The van der Waals surface area contributed by atoms with Crippen LogP contribution in [0.4, 0.5) is 4.39 Å². The maximum Gasteiger partial charge on any atom is 0.318 e. The Labute approximate surface area is 137 Å². The summed E-state index contributed by atoms with van der Waals surface area (Å²) in [5.41, 5.74) is 0.913. The van der Waals surface area contributed by atoms with Gasteiger partial charge < -0.3 is 19.7 Å². The smallest absolute Gasteiger partial charge is 0.318 e. The number of fused-ring (bicyclic) bond motifs is 1. The molecular formula is C15H19FN4O4. The molecule has 2 aromatic heterocycles. The van der Waals surface area contributed by atoms with Crippen LogP contribution in [0.25, 0.3) is 11.2 Å². The lowest BCUT2D eigenvalue weighted by molar-refractivity contribution is -0.0409. The van der Waals surface area contributed by atoms with Gasteiger partial charge in [-0.1, -0.05) is 0 Å². The lowest BCUT2D eigenvalue weighted by Crippen LogP contribution is -2.32. The van der Waals surface area contributed by atoms with Crippen LogP contribution in [0.1, 0.15) is 31.9 Å². The largest absolute Gasteiger partial charge is 0.460 e. The van der Waals surface area contributed by atoms with Gasteiger partial charge in [0.15, 0.2) is 11.9 Å². The van der Waals surface area contributed by atoms with Gasteiger partial charge in [0.1, 0.15) is 36.6 Å². The molecule has 2 fully saturated rings. The Hall–Kier alpha value is -1.84. The minimum atomic E-state index is -1.30. The molecule has 3 heterocycles. The first kappa shape index (κ1) is 15.7. The first-order chi connectivity index (χ1) is 11.7. The summed E-state index contributed by atoms with van der Waals surface area (Å²) in [5, 5.41) is 20.0. The number of nitrogens with zero attached hydrogens (tertiary/aromatic N) is 4. The van der Waals surface area contributed by atoms with Crippen molar-refractivity contribution in [2.75, 3.05) is 6.67 Å². The number of hydrogen-bond donors (Lipinski definition) is 2. The van der Waals surface area contributed by atoms with Crippen LogP contribution < -0.4 is 4.74 Å². The van der Waals surface area contributed by atoms with Gasteiger partial charge in [-0.15, -0.1) is 0 Å². The lowest BCUT2D eigenvalue weighted by atomic mass is 10.1. The van der Waals surface area contributed by atoms with Crippen LogP contribution in [0.15, 0.2) is 12.5 Å². The highest BCUT2D eigenvalue weighted by Crippen LogP contribution is 2.32. The summed E-state index contributed by atoms with van der Waals surface area (Å²) in [6.45, 7) is -0.883. The van der Waals surface area contributed by atoms with Crippen molar-refractivity contribution in [3.63, 3.8) is 0 Å². The van der Waals surface area contributed by atoms with E-state index < -0.39 is 31.2 Å². The van der Waals surface area contributed by atoms with Crippen molar-refractivity contribution in [3.8, 4) is 6.01 Å². The minimum absolute atomic E-state index is 0.116. The van der Waals surface area contributed by atoms with E-state index in [4.69, 9.17) is 9.47 Å². The van der Waals surface area contributed by atoms with Crippen LogP contribution in [0, 0.1) is 0 Å². The van der Waals surface area contributed by atoms with Gasteiger partial charge in [-0.2, -0.15) is 4.98 Å². The molecule has 1 aliphatic carbocycles. The zero-order valence-corrected chi connectivity index (χ0v) is 13.0. The molecule has 130 valence electrons. The zero-order valence-electron chi connectivity index (χ0n) is 13.0. The summed E-state index contributed by atoms with van der Waals surface area (Å²) in [4.78, 5) is 12.7. The maximum absolute atomic E-state index is 12.9. The van der Waals surface area contributed by atoms with Crippen molar-refractivity contribution in [1.29, 1.82) is 0 Å². The zero-order chi connectivity index (χ0) is 16.7. The Kier molecular flexibility index (Phi) is 4.07. The molecule has 4 atom stereocenters. The van der Waals surface area contributed by atoms with Crippen molar-refractivity contribution in [2.24, 2.45) is 0 Å². The van der Waals surface area contributed by atoms with Gasteiger partial charge in [-0.25, -0.2) is 14.4 Å². The van der Waals surface area contributed by atoms with Crippen molar-refractivity contribution in [1.82, 2.24) is 19.5 Å². The van der Waals surface area contributed by atoms with E-state index in [9.17, 15) is 14.6 Å². The Morgan fingerprint density at radius 2 is 2.04 bits per heavy atom. The van der Waals surface area contributed by atoms with Gasteiger partial charge in [0.2, 0.25) is 0 Å². The normalized spacial score (nSPS) is 31.1. The number of rotatable bonds is 4. The summed E-state index contributed by atoms with van der Waals surface area (Å²) in [7, 11) is 0. The number of ether oxygens (including phenoxy) is 2. The fourth-order valence-corrected chi connectivity index (χ4v) is 3.30. The van der Waals surface area contributed by atoms with Gasteiger partial charge in [0, 0.05) is 0 Å². The molecule has 4 rings (SSSR count). The fraction of sp³-hybridized carbons (Fsp3) is 0.667. The molecule has 2 aliphatic rings. The summed E-state index contributed by atoms with van der Waals surface area (Å²) >= 11 is 0. The van der Waals surface area contributed by atoms with E-state index in [1.54, 1.807) is 0 Å². The SMILES string of the molecule is O[C@@H]1[C@@H](O)[C@@H](CF)O[C@H]1n1cnc2cnc(OC3CCCC3)nc21. The number of halogens is 1. The van der Waals surface area contributed by atoms with Gasteiger partial charge in [0.05, 0.1) is 12.5 Å². The summed E-state index contributed by atoms with van der Waals surface area (Å²) < 4.78 is 25.5. The quantitative estimate of drug-likeness (QED) is 0.847. The topological polar surface area (TPSA) is 103 Å². The molecule has 2 N–H and O–H groups in total. The van der Waals surface area contributed by atoms with Gasteiger partial charge in [-0.05, 0) is 25.7 Å². The number of alkyl halides is 1. The lowest BCUT2D eigenvalue weighted by Gasteiger charge is -2.17. The molecule has 24 heavy (non-hydrogen) atoms. The van der Waals surface area contributed by atoms with Crippen LogP contribution in [0.2, 0.25) is 0 Å². The van der Waals surface area contributed by atoms with Gasteiger partial charge in [0.25, 0.3) is 0 Å². The van der Waals surface area contributed by atoms with E-state index >= 15 is 0 Å². The van der Waals surface area contributed by atoms with Crippen molar-refractivity contribution >= 4 is 11.2 Å². The third-order valence-electron chi connectivity index (χ3n) is 4.63. The Bertz CT molecular complexity index is 721. The molecule has 1 saturated carbocycles. The monoisotopic (exact) mass is 338 g/mol. The summed E-state index contributed by atoms with van der Waals surface area (Å²) in [6.07, 6.45) is 2.72. The fourth-order valence-electron chi connectivity index (χ4n) is 3.30. The first-order valence-electron chi connectivity index (χ1n) is 8.11. The van der Waals surface area contributed by atoms with Crippen molar-refractivity contribution < 1.29 is 24.1 Å². The highest BCUT2D eigenvalue weighted by molar-refractivity contribution is 5.69. The van der Waals surface area contributed by atoms with Crippen molar-refractivity contribution in [3.05, 3.63) is 12.5 Å². The number of aliphatic hydroxyl groups excluding tert-OH is 2. The molecular weight excluding hydrogens is 319 g/mol. The highest BCUT2D eigenvalue weighted by Gasteiger charge is 2.44. The van der Waals surface area contributed by atoms with E-state index in [0.717, 1.165) is 25.7 Å². The van der Waals surface area contributed by atoms with Crippen LogP contribution in [0.3, 0.4) is 0 Å². The average Bonchev–Trinajstić information content (AvgIpc) is 3.29. The van der Waals surface area contributed by atoms with E-state index in [1.165, 1.54) is 17.1 Å². The van der Waals surface area contributed by atoms with E-state index in [-0.39, 0.29) is 12.1 Å². The molecule has 2 aromatic rings. The standard InChI is InChI=1S/C15H19FN4O4/c16-5-10-11(21)12(22)14(24-10)20-7-18-9-6-17-15(19-13(9)20)23-8-3-1-2-4-8/h6-8,10-12,14,21-22H,1-5H2/t10-,11+,12-,14-/m1/s1. The van der Waals surface area contributed by atoms with E-state index in [2.05, 4.69) is 15.0 Å². The molecule has 0 unspecified atom stereocenters. The van der Waals surface area contributed by atoms with Gasteiger partial charge >= 0.3 is 6.01 Å². The molecule has 1 aliphatic heterocycles. The van der Waals surface area contributed by atoms with Crippen molar-refractivity contribution in [2.45, 2.75) is 56.3 Å². The highest BCUT2D eigenvalue weighted by atomic mass is 19.1. The molecule has 0 radical (unpaired) electrons. The molecule has 0 aromatic carbocycles. The predicted octanol–water partition coefficient (Wildman–Crippen LogP) is 0.736. The van der Waals surface area contributed by atoms with E-state index in [1.807, 2.05) is 0 Å². The predicted molar refractivity (Wildman–Crippen MR) is 80.1 cm³/mol. The summed E-state index contributed by atoms with van der Waals surface area (Å²) in [5.74, 6) is 0. The average molecular weight is 338 g/mol. The van der Waals surface area contributed by atoms with Crippen LogP contribution in [-0.4, -0.2) is 60.8 Å². The molecule has 8 nitrogen and oxygen atoms in total. The minimum Gasteiger partial charge on any atom is -0.460 e. The molecule has 1 saturated heterocycles. The molecule has 0 bridgehead atoms. The number of hydrogen-bond acceptors (Lipinski definition) is 7. The van der Waals surface area contributed by atoms with Crippen LogP contribution in [0.5, 0.6) is 6.01 Å². The van der Waals surface area contributed by atoms with Crippen LogP contribution in [-0.2, 0) is 4.74 Å². The number of aliphatic hydroxyl groups is 2. The molecule has 9 heteroatoms. The third-order valence-corrected chi connectivity index (χ3v) is 4.63. The second kappa shape index (κ2) is 6.23. The van der Waals surface area contributed by atoms with Crippen LogP contribution >= 0.6 is 0 Å². The van der Waals surface area contributed by atoms with E-state index in [0.29, 0.717) is 11.2 Å². The second-order valence-electron chi connectivity index (χ2n) is 6.24. The Morgan fingerprint density at radius 3 is 2.75 bits per heavy atom. The molecule has 0 spiro atoms. The van der Waals surface area contributed by atoms with Gasteiger partial charge in [-0.3, -0.25) is 4.57 Å². The number of aromatic nitrogens is 4. The maximum atomic E-state index is 12.9.